The summed E-state index contributed by atoms with van der Waals surface area (Å²) in [6, 6.07) is 0. The van der Waals surface area contributed by atoms with Crippen molar-refractivity contribution in [3.05, 3.63) is 0 Å². The summed E-state index contributed by atoms with van der Waals surface area (Å²) in [6.07, 6.45) is 14.3. The second kappa shape index (κ2) is 10.4. The lowest BCUT2D eigenvalue weighted by Gasteiger charge is -2.08. The van der Waals surface area contributed by atoms with Gasteiger partial charge in [-0.15, -0.1) is 0 Å². The molecule has 0 aromatic carbocycles. The summed E-state index contributed by atoms with van der Waals surface area (Å²) in [5, 5.41) is 8.49. The molecule has 0 unspecified atom stereocenters. The summed E-state index contributed by atoms with van der Waals surface area (Å²) in [5.74, 6) is -0.663. The molecule has 1 saturated heterocycles. The van der Waals surface area contributed by atoms with Gasteiger partial charge in [0, 0.05) is 13.0 Å². The van der Waals surface area contributed by atoms with Gasteiger partial charge in [-0.3, -0.25) is 4.79 Å². The fourth-order valence-electron chi connectivity index (χ4n) is 2.58. The average Bonchev–Trinajstić information content (AvgIpc) is 2.84. The first-order chi connectivity index (χ1) is 8.79. The number of ether oxygens (including phenoxy) is 1. The number of unbranched alkanes of at least 4 members (excludes halogenated alkanes) is 7. The van der Waals surface area contributed by atoms with Crippen LogP contribution in [0.3, 0.4) is 0 Å². The Hall–Kier alpha value is -0.570. The molecule has 1 rings (SSSR count). The topological polar surface area (TPSA) is 46.5 Å². The van der Waals surface area contributed by atoms with E-state index >= 15 is 0 Å². The maximum Gasteiger partial charge on any atom is 0.303 e. The van der Waals surface area contributed by atoms with Crippen molar-refractivity contribution in [2.75, 3.05) is 6.61 Å². The van der Waals surface area contributed by atoms with Crippen molar-refractivity contribution in [1.82, 2.24) is 0 Å². The Morgan fingerprint density at radius 1 is 1.00 bits per heavy atom. The highest BCUT2D eigenvalue weighted by Gasteiger charge is 2.14. The monoisotopic (exact) mass is 256 g/mol. The number of carboxylic acid groups (broad SMARTS) is 1. The SMILES string of the molecule is O=C(O)CCCCCCCCCC[C@@H]1CCCO1. The lowest BCUT2D eigenvalue weighted by molar-refractivity contribution is -0.137. The average molecular weight is 256 g/mol. The van der Waals surface area contributed by atoms with Crippen LogP contribution in [0.25, 0.3) is 0 Å². The molecule has 3 heteroatoms. The molecular formula is C15H28O3. The Morgan fingerprint density at radius 3 is 2.17 bits per heavy atom. The Labute approximate surface area is 111 Å². The summed E-state index contributed by atoms with van der Waals surface area (Å²) in [4.78, 5) is 10.3. The van der Waals surface area contributed by atoms with Crippen LogP contribution >= 0.6 is 0 Å². The highest BCUT2D eigenvalue weighted by atomic mass is 16.5. The minimum Gasteiger partial charge on any atom is -0.481 e. The van der Waals surface area contributed by atoms with E-state index in [2.05, 4.69) is 0 Å². The van der Waals surface area contributed by atoms with Crippen LogP contribution in [0.4, 0.5) is 0 Å². The highest BCUT2D eigenvalue weighted by molar-refractivity contribution is 5.66. The molecule has 1 atom stereocenters. The van der Waals surface area contributed by atoms with E-state index < -0.39 is 5.97 Å². The maximum absolute atomic E-state index is 10.3. The quantitative estimate of drug-likeness (QED) is 0.565. The molecule has 0 saturated carbocycles. The highest BCUT2D eigenvalue weighted by Crippen LogP contribution is 2.19. The van der Waals surface area contributed by atoms with Crippen LogP contribution in [-0.4, -0.2) is 23.8 Å². The van der Waals surface area contributed by atoms with E-state index in [1.54, 1.807) is 0 Å². The van der Waals surface area contributed by atoms with Crippen LogP contribution in [0.5, 0.6) is 0 Å². The molecule has 0 amide bonds. The van der Waals surface area contributed by atoms with Crippen LogP contribution in [0.2, 0.25) is 0 Å². The minimum atomic E-state index is -0.663. The number of carboxylic acids is 1. The maximum atomic E-state index is 10.3. The normalized spacial score (nSPS) is 19.2. The predicted molar refractivity (Wildman–Crippen MR) is 72.8 cm³/mol. The zero-order chi connectivity index (χ0) is 13.1. The summed E-state index contributed by atoms with van der Waals surface area (Å²) in [5.41, 5.74) is 0. The lowest BCUT2D eigenvalue weighted by Crippen LogP contribution is -2.03. The van der Waals surface area contributed by atoms with Gasteiger partial charge in [-0.2, -0.15) is 0 Å². The molecule has 0 radical (unpaired) electrons. The van der Waals surface area contributed by atoms with Crippen molar-refractivity contribution in [3.63, 3.8) is 0 Å². The molecule has 0 aromatic rings. The van der Waals surface area contributed by atoms with E-state index in [0.29, 0.717) is 12.5 Å². The molecule has 106 valence electrons. The zero-order valence-corrected chi connectivity index (χ0v) is 11.5. The summed E-state index contributed by atoms with van der Waals surface area (Å²) in [6.45, 7) is 0.973. The van der Waals surface area contributed by atoms with Gasteiger partial charge in [0.15, 0.2) is 0 Å². The molecule has 0 spiro atoms. The molecule has 0 aromatic heterocycles. The van der Waals surface area contributed by atoms with Gasteiger partial charge >= 0.3 is 5.97 Å². The smallest absolute Gasteiger partial charge is 0.303 e. The molecule has 3 nitrogen and oxygen atoms in total. The molecule has 1 fully saturated rings. The number of carbonyl (C=O) groups is 1. The van der Waals surface area contributed by atoms with Crippen molar-refractivity contribution in [2.24, 2.45) is 0 Å². The summed E-state index contributed by atoms with van der Waals surface area (Å²) in [7, 11) is 0. The van der Waals surface area contributed by atoms with Gasteiger partial charge < -0.3 is 9.84 Å². The Kier molecular flexibility index (Phi) is 8.92. The minimum absolute atomic E-state index is 0.335. The molecule has 0 aliphatic carbocycles. The first-order valence-electron chi connectivity index (χ1n) is 7.62. The summed E-state index contributed by atoms with van der Waals surface area (Å²) < 4.78 is 5.60. The third-order valence-corrected chi connectivity index (χ3v) is 3.69. The lowest BCUT2D eigenvalue weighted by atomic mass is 10.0. The van der Waals surface area contributed by atoms with Gasteiger partial charge in [-0.1, -0.05) is 44.9 Å². The van der Waals surface area contributed by atoms with Crippen molar-refractivity contribution in [2.45, 2.75) is 83.2 Å². The van der Waals surface area contributed by atoms with Crippen LogP contribution in [0, 0.1) is 0 Å². The number of rotatable bonds is 11. The largest absolute Gasteiger partial charge is 0.481 e. The van der Waals surface area contributed by atoms with Gasteiger partial charge in [0.05, 0.1) is 6.10 Å². The van der Waals surface area contributed by atoms with Crippen molar-refractivity contribution < 1.29 is 14.6 Å². The molecular weight excluding hydrogens is 228 g/mol. The van der Waals surface area contributed by atoms with E-state index in [9.17, 15) is 4.79 Å². The number of hydrogen-bond acceptors (Lipinski definition) is 2. The van der Waals surface area contributed by atoms with Crippen LogP contribution in [0.15, 0.2) is 0 Å². The van der Waals surface area contributed by atoms with Gasteiger partial charge in [0.1, 0.15) is 0 Å². The fourth-order valence-corrected chi connectivity index (χ4v) is 2.58. The molecule has 1 aliphatic heterocycles. The molecule has 1 heterocycles. The van der Waals surface area contributed by atoms with Crippen LogP contribution in [0.1, 0.15) is 77.0 Å². The van der Waals surface area contributed by atoms with Gasteiger partial charge in [0.25, 0.3) is 0 Å². The Bertz CT molecular complexity index is 210. The fraction of sp³-hybridized carbons (Fsp3) is 0.933. The molecule has 1 N–H and O–H groups in total. The first kappa shape index (κ1) is 15.5. The molecule has 18 heavy (non-hydrogen) atoms. The Balaban J connectivity index is 1.72. The van der Waals surface area contributed by atoms with Gasteiger partial charge in [-0.25, -0.2) is 0 Å². The van der Waals surface area contributed by atoms with E-state index in [-0.39, 0.29) is 0 Å². The van der Waals surface area contributed by atoms with Gasteiger partial charge in [-0.05, 0) is 25.7 Å². The number of aliphatic carboxylic acids is 1. The van der Waals surface area contributed by atoms with Gasteiger partial charge in [0.2, 0.25) is 0 Å². The second-order valence-electron chi connectivity index (χ2n) is 5.40. The summed E-state index contributed by atoms with van der Waals surface area (Å²) >= 11 is 0. The number of hydrogen-bond donors (Lipinski definition) is 1. The predicted octanol–water partition coefficient (Wildman–Crippen LogP) is 4.15. The van der Waals surface area contributed by atoms with E-state index in [1.165, 1.54) is 57.8 Å². The molecule has 1 aliphatic rings. The van der Waals surface area contributed by atoms with Crippen molar-refractivity contribution in [1.29, 1.82) is 0 Å². The Morgan fingerprint density at radius 2 is 1.61 bits per heavy atom. The third kappa shape index (κ3) is 8.51. The van der Waals surface area contributed by atoms with Crippen molar-refractivity contribution >= 4 is 5.97 Å². The first-order valence-corrected chi connectivity index (χ1v) is 7.62. The van der Waals surface area contributed by atoms with E-state index in [4.69, 9.17) is 9.84 Å². The van der Waals surface area contributed by atoms with Crippen molar-refractivity contribution in [3.8, 4) is 0 Å². The zero-order valence-electron chi connectivity index (χ0n) is 11.5. The van der Waals surface area contributed by atoms with E-state index in [1.807, 2.05) is 0 Å². The van der Waals surface area contributed by atoms with Crippen LogP contribution < -0.4 is 0 Å². The second-order valence-corrected chi connectivity index (χ2v) is 5.40. The molecule has 0 bridgehead atoms. The standard InChI is InChI=1S/C15H28O3/c16-15(17)12-8-6-4-2-1-3-5-7-10-14-11-9-13-18-14/h14H,1-13H2,(H,16,17)/t14-/m1/s1. The van der Waals surface area contributed by atoms with E-state index in [0.717, 1.165) is 19.4 Å². The van der Waals surface area contributed by atoms with Crippen LogP contribution in [-0.2, 0) is 9.53 Å². The third-order valence-electron chi connectivity index (χ3n) is 3.69.